The van der Waals surface area contributed by atoms with Crippen molar-refractivity contribution in [2.75, 3.05) is 4.90 Å². The Kier molecular flexibility index (Phi) is 8.98. The highest BCUT2D eigenvalue weighted by molar-refractivity contribution is 6.02. The van der Waals surface area contributed by atoms with Crippen LogP contribution >= 0.6 is 0 Å². The Hall–Kier alpha value is -4.33. The van der Waals surface area contributed by atoms with E-state index in [1.54, 1.807) is 29.2 Å². The summed E-state index contributed by atoms with van der Waals surface area (Å²) >= 11 is 0. The second kappa shape index (κ2) is 12.8. The van der Waals surface area contributed by atoms with Crippen molar-refractivity contribution in [2.24, 2.45) is 15.8 Å². The third kappa shape index (κ3) is 6.91. The molecule has 1 aliphatic carbocycles. The number of benzene rings is 3. The third-order valence-electron chi connectivity index (χ3n) is 7.04. The Balaban J connectivity index is 1.55. The number of guanidine groups is 1. The van der Waals surface area contributed by atoms with Crippen molar-refractivity contribution in [1.82, 2.24) is 5.32 Å². The lowest BCUT2D eigenvalue weighted by atomic mass is 9.84. The predicted octanol–water partition coefficient (Wildman–Crippen LogP) is 6.70. The van der Waals surface area contributed by atoms with E-state index >= 15 is 0 Å². The smallest absolute Gasteiger partial charge is 0.322 e. The van der Waals surface area contributed by atoms with Gasteiger partial charge in [0.1, 0.15) is 0 Å². The molecule has 0 radical (unpaired) electrons. The molecule has 3 aromatic carbocycles. The Bertz CT molecular complexity index is 1270. The first-order valence-corrected chi connectivity index (χ1v) is 13.0. The molecule has 4 N–H and O–H groups in total. The average Bonchev–Trinajstić information content (AvgIpc) is 2.97. The highest BCUT2D eigenvalue weighted by Gasteiger charge is 2.21. The minimum absolute atomic E-state index is 0.168. The molecule has 0 aromatic heterocycles. The van der Waals surface area contributed by atoms with Gasteiger partial charge in [0.25, 0.3) is 5.91 Å². The zero-order chi connectivity index (χ0) is 26.9. The summed E-state index contributed by atoms with van der Waals surface area (Å²) in [7, 11) is 0. The summed E-state index contributed by atoms with van der Waals surface area (Å²) < 4.78 is 0. The van der Waals surface area contributed by atoms with Crippen LogP contribution in [0.3, 0.4) is 0 Å². The molecule has 196 valence electrons. The minimum Gasteiger partial charge on any atom is -0.366 e. The largest absolute Gasteiger partial charge is 0.366 e. The monoisotopic (exact) mass is 510 g/mol. The standard InChI is InChI=1S/C30H34N6O2/c1-21(23-8-4-2-5-9-23)33-30(38)36(27-18-16-25(17-19-27)24-10-6-3-7-11-24)20-22-12-14-26(15-13-22)28(37)34-29(31)35-32/h2,4-5,8-9,12-19,21,24,32H,3,6-7,10-11,20H2,1H3,(H,33,38)(H2,31,34,37). The summed E-state index contributed by atoms with van der Waals surface area (Å²) in [6, 6.07) is 24.7. The molecule has 0 heterocycles. The Morgan fingerprint density at radius 2 is 1.63 bits per heavy atom. The van der Waals surface area contributed by atoms with E-state index < -0.39 is 11.9 Å². The van der Waals surface area contributed by atoms with Crippen LogP contribution in [0.15, 0.2) is 89.0 Å². The molecule has 1 fully saturated rings. The molecule has 38 heavy (non-hydrogen) atoms. The fourth-order valence-electron chi connectivity index (χ4n) is 4.86. The molecule has 0 saturated heterocycles. The molecule has 3 amide bonds. The fourth-order valence-corrected chi connectivity index (χ4v) is 4.86. The van der Waals surface area contributed by atoms with E-state index in [9.17, 15) is 9.59 Å². The van der Waals surface area contributed by atoms with Gasteiger partial charge in [-0.2, -0.15) is 4.99 Å². The van der Waals surface area contributed by atoms with Gasteiger partial charge in [0.05, 0.1) is 12.6 Å². The van der Waals surface area contributed by atoms with E-state index in [0.717, 1.165) is 16.8 Å². The van der Waals surface area contributed by atoms with E-state index in [0.29, 0.717) is 18.0 Å². The van der Waals surface area contributed by atoms with Crippen molar-refractivity contribution in [3.63, 3.8) is 0 Å². The van der Waals surface area contributed by atoms with Gasteiger partial charge in [0.15, 0.2) is 0 Å². The molecule has 1 atom stereocenters. The maximum absolute atomic E-state index is 13.5. The molecule has 1 unspecified atom stereocenters. The van der Waals surface area contributed by atoms with Crippen LogP contribution in [0.25, 0.3) is 0 Å². The van der Waals surface area contributed by atoms with Crippen LogP contribution in [0.5, 0.6) is 0 Å². The third-order valence-corrected chi connectivity index (χ3v) is 7.04. The van der Waals surface area contributed by atoms with Crippen LogP contribution in [0.2, 0.25) is 0 Å². The van der Waals surface area contributed by atoms with E-state index in [2.05, 4.69) is 27.6 Å². The summed E-state index contributed by atoms with van der Waals surface area (Å²) in [5.74, 6) is -0.386. The fraction of sp³-hybridized carbons (Fsp3) is 0.300. The quantitative estimate of drug-likeness (QED) is 0.186. The first kappa shape index (κ1) is 26.7. The van der Waals surface area contributed by atoms with Gasteiger partial charge in [-0.15, -0.1) is 5.11 Å². The number of carbonyl (C=O) groups excluding carboxylic acids is 2. The number of hydrogen-bond acceptors (Lipinski definition) is 3. The molecule has 3 aromatic rings. The summed E-state index contributed by atoms with van der Waals surface area (Å²) in [4.78, 5) is 31.0. The number of urea groups is 1. The molecule has 8 nitrogen and oxygen atoms in total. The molecule has 4 rings (SSSR count). The maximum atomic E-state index is 13.5. The molecule has 8 heteroatoms. The zero-order valence-electron chi connectivity index (χ0n) is 21.6. The second-order valence-electron chi connectivity index (χ2n) is 9.68. The lowest BCUT2D eigenvalue weighted by Gasteiger charge is -2.27. The summed E-state index contributed by atoms with van der Waals surface area (Å²) in [5.41, 5.74) is 16.5. The van der Waals surface area contributed by atoms with Gasteiger partial charge in [-0.1, -0.05) is 73.9 Å². The zero-order valence-corrected chi connectivity index (χ0v) is 21.6. The van der Waals surface area contributed by atoms with Crippen LogP contribution in [-0.2, 0) is 6.54 Å². The van der Waals surface area contributed by atoms with Gasteiger partial charge >= 0.3 is 6.03 Å². The van der Waals surface area contributed by atoms with Crippen LogP contribution in [-0.4, -0.2) is 17.9 Å². The first-order chi connectivity index (χ1) is 18.4. The number of hydrogen-bond donors (Lipinski definition) is 3. The topological polar surface area (TPSA) is 124 Å². The normalized spacial score (nSPS) is 14.9. The van der Waals surface area contributed by atoms with Crippen molar-refractivity contribution in [1.29, 1.82) is 5.53 Å². The van der Waals surface area contributed by atoms with Crippen molar-refractivity contribution in [3.8, 4) is 0 Å². The molecule has 1 aliphatic rings. The number of carbonyl (C=O) groups is 2. The van der Waals surface area contributed by atoms with Gasteiger partial charge in [0, 0.05) is 11.3 Å². The highest BCUT2D eigenvalue weighted by atomic mass is 16.2. The molecular formula is C30H34N6O2. The van der Waals surface area contributed by atoms with Gasteiger partial charge < -0.3 is 11.1 Å². The number of nitrogens with one attached hydrogen (secondary N) is 2. The summed E-state index contributed by atoms with van der Waals surface area (Å²) in [5, 5.41) is 6.07. The van der Waals surface area contributed by atoms with Crippen molar-refractivity contribution in [2.45, 2.75) is 57.5 Å². The Morgan fingerprint density at radius 3 is 2.26 bits per heavy atom. The maximum Gasteiger partial charge on any atom is 0.322 e. The molecular weight excluding hydrogens is 476 g/mol. The molecule has 0 bridgehead atoms. The first-order valence-electron chi connectivity index (χ1n) is 13.0. The lowest BCUT2D eigenvalue weighted by molar-refractivity contribution is 0.100. The van der Waals surface area contributed by atoms with Crippen LogP contribution in [0.4, 0.5) is 10.5 Å². The number of nitrogens with two attached hydrogens (primary N) is 1. The average molecular weight is 511 g/mol. The van der Waals surface area contributed by atoms with Crippen LogP contribution in [0, 0.1) is 5.53 Å². The van der Waals surface area contributed by atoms with Crippen molar-refractivity contribution < 1.29 is 9.59 Å². The van der Waals surface area contributed by atoms with Gasteiger partial charge in [-0.3, -0.25) is 9.69 Å². The molecule has 1 saturated carbocycles. The minimum atomic E-state index is -0.574. The Morgan fingerprint density at radius 1 is 0.974 bits per heavy atom. The number of nitrogens with zero attached hydrogens (tertiary/aromatic N) is 3. The number of rotatable bonds is 7. The van der Waals surface area contributed by atoms with E-state index in [4.69, 9.17) is 11.3 Å². The number of aliphatic imine (C=N–C) groups is 1. The highest BCUT2D eigenvalue weighted by Crippen LogP contribution is 2.33. The summed E-state index contributed by atoms with van der Waals surface area (Å²) in [6.45, 7) is 2.28. The van der Waals surface area contributed by atoms with Crippen LogP contribution < -0.4 is 16.0 Å². The molecule has 0 spiro atoms. The second-order valence-corrected chi connectivity index (χ2v) is 9.68. The van der Waals surface area contributed by atoms with Crippen molar-refractivity contribution >= 4 is 23.6 Å². The Labute approximate surface area is 223 Å². The van der Waals surface area contributed by atoms with Gasteiger partial charge in [-0.25, -0.2) is 10.3 Å². The SMILES string of the molecule is CC(NC(=O)N(Cc1ccc(C(=O)N=C(N)N=N)cc1)c1ccc(C2CCCCC2)cc1)c1ccccc1. The number of anilines is 1. The van der Waals surface area contributed by atoms with Gasteiger partial charge in [0.2, 0.25) is 5.96 Å². The lowest BCUT2D eigenvalue weighted by Crippen LogP contribution is -2.40. The predicted molar refractivity (Wildman–Crippen MR) is 149 cm³/mol. The number of amides is 3. The van der Waals surface area contributed by atoms with E-state index in [1.165, 1.54) is 37.7 Å². The van der Waals surface area contributed by atoms with E-state index in [-0.39, 0.29) is 12.1 Å². The summed E-state index contributed by atoms with van der Waals surface area (Å²) in [6.07, 6.45) is 6.29. The molecule has 0 aliphatic heterocycles. The van der Waals surface area contributed by atoms with E-state index in [1.807, 2.05) is 49.4 Å². The van der Waals surface area contributed by atoms with Crippen molar-refractivity contribution in [3.05, 3.63) is 101 Å². The van der Waals surface area contributed by atoms with Crippen LogP contribution in [0.1, 0.15) is 78.0 Å². The van der Waals surface area contributed by atoms with Gasteiger partial charge in [-0.05, 0) is 66.6 Å².